The topological polar surface area (TPSA) is 32.3 Å². The first-order valence-corrected chi connectivity index (χ1v) is 5.87. The van der Waals surface area contributed by atoms with Gasteiger partial charge in [-0.25, -0.2) is 0 Å². The second kappa shape index (κ2) is 5.71. The molecule has 0 saturated carbocycles. The van der Waals surface area contributed by atoms with Crippen molar-refractivity contribution < 1.29 is 18.0 Å². The molecule has 0 aromatic rings. The van der Waals surface area contributed by atoms with Crippen molar-refractivity contribution in [3.8, 4) is 0 Å². The standard InChI is InChI=1S/C11H19F3N2O/c1-3-9-4-10(15-7-11(12,13)14)6-16(5-9)8(2)17/h9-10,15H,3-7H2,1-2H3. The molecule has 17 heavy (non-hydrogen) atoms. The van der Waals surface area contributed by atoms with E-state index in [2.05, 4.69) is 5.32 Å². The maximum absolute atomic E-state index is 12.1. The van der Waals surface area contributed by atoms with Gasteiger partial charge in [0.05, 0.1) is 6.54 Å². The Balaban J connectivity index is 2.51. The Labute approximate surface area is 99.4 Å². The molecule has 1 aliphatic heterocycles. The second-order valence-electron chi connectivity index (χ2n) is 4.63. The number of amides is 1. The lowest BCUT2D eigenvalue weighted by molar-refractivity contribution is -0.133. The molecule has 1 aliphatic rings. The van der Waals surface area contributed by atoms with E-state index in [-0.39, 0.29) is 11.9 Å². The van der Waals surface area contributed by atoms with Gasteiger partial charge in [0.15, 0.2) is 0 Å². The number of alkyl halides is 3. The van der Waals surface area contributed by atoms with Crippen molar-refractivity contribution in [3.05, 3.63) is 0 Å². The Kier molecular flexibility index (Phi) is 4.80. The predicted octanol–water partition coefficient (Wildman–Crippen LogP) is 1.79. The summed E-state index contributed by atoms with van der Waals surface area (Å²) >= 11 is 0. The lowest BCUT2D eigenvalue weighted by Gasteiger charge is -2.37. The van der Waals surface area contributed by atoms with Crippen LogP contribution in [0.15, 0.2) is 0 Å². The number of halogens is 3. The van der Waals surface area contributed by atoms with Gasteiger partial charge < -0.3 is 10.2 Å². The summed E-state index contributed by atoms with van der Waals surface area (Å²) in [6.45, 7) is 3.51. The van der Waals surface area contributed by atoms with Crippen molar-refractivity contribution in [2.45, 2.75) is 38.9 Å². The molecule has 2 atom stereocenters. The van der Waals surface area contributed by atoms with Gasteiger partial charge >= 0.3 is 6.18 Å². The molecule has 1 fully saturated rings. The highest BCUT2D eigenvalue weighted by atomic mass is 19.4. The number of piperidine rings is 1. The Hall–Kier alpha value is -0.780. The molecular formula is C11H19F3N2O. The quantitative estimate of drug-likeness (QED) is 0.830. The summed E-state index contributed by atoms with van der Waals surface area (Å²) in [6, 6.07) is -0.251. The Morgan fingerprint density at radius 1 is 1.41 bits per heavy atom. The van der Waals surface area contributed by atoms with E-state index in [1.807, 2.05) is 6.92 Å². The molecule has 1 rings (SSSR count). The first kappa shape index (κ1) is 14.3. The van der Waals surface area contributed by atoms with Gasteiger partial charge in [-0.05, 0) is 12.3 Å². The van der Waals surface area contributed by atoms with Crippen molar-refractivity contribution in [1.29, 1.82) is 0 Å². The number of carbonyl (C=O) groups excluding carboxylic acids is 1. The summed E-state index contributed by atoms with van der Waals surface area (Å²) in [6.07, 6.45) is -2.61. The van der Waals surface area contributed by atoms with Gasteiger partial charge in [-0.1, -0.05) is 13.3 Å². The highest BCUT2D eigenvalue weighted by Gasteiger charge is 2.32. The molecule has 3 nitrogen and oxygen atoms in total. The summed E-state index contributed by atoms with van der Waals surface area (Å²) in [4.78, 5) is 12.9. The zero-order chi connectivity index (χ0) is 13.1. The number of carbonyl (C=O) groups is 1. The Bertz CT molecular complexity index is 268. The van der Waals surface area contributed by atoms with Crippen LogP contribution < -0.4 is 5.32 Å². The molecule has 0 radical (unpaired) electrons. The molecule has 6 heteroatoms. The summed E-state index contributed by atoms with van der Waals surface area (Å²) < 4.78 is 36.3. The molecule has 0 aliphatic carbocycles. The fraction of sp³-hybridized carbons (Fsp3) is 0.909. The van der Waals surface area contributed by atoms with E-state index < -0.39 is 12.7 Å². The molecule has 0 aromatic heterocycles. The summed E-state index contributed by atoms with van der Waals surface area (Å²) in [5, 5.41) is 2.49. The summed E-state index contributed by atoms with van der Waals surface area (Å²) in [7, 11) is 0. The summed E-state index contributed by atoms with van der Waals surface area (Å²) in [5.74, 6) is 0.223. The molecule has 1 saturated heterocycles. The van der Waals surface area contributed by atoms with Crippen molar-refractivity contribution in [2.24, 2.45) is 5.92 Å². The van der Waals surface area contributed by atoms with Crippen LogP contribution in [0.1, 0.15) is 26.7 Å². The van der Waals surface area contributed by atoms with Crippen LogP contribution in [0.4, 0.5) is 13.2 Å². The molecular weight excluding hydrogens is 233 g/mol. The van der Waals surface area contributed by atoms with Crippen LogP contribution in [0.25, 0.3) is 0 Å². The number of rotatable bonds is 3. The highest BCUT2D eigenvalue weighted by Crippen LogP contribution is 2.21. The molecule has 0 bridgehead atoms. The van der Waals surface area contributed by atoms with Crippen LogP contribution in [0.3, 0.4) is 0 Å². The van der Waals surface area contributed by atoms with Crippen LogP contribution >= 0.6 is 0 Å². The van der Waals surface area contributed by atoms with E-state index >= 15 is 0 Å². The highest BCUT2D eigenvalue weighted by molar-refractivity contribution is 5.73. The van der Waals surface area contributed by atoms with E-state index in [0.29, 0.717) is 25.4 Å². The lowest BCUT2D eigenvalue weighted by atomic mass is 9.92. The van der Waals surface area contributed by atoms with Crippen molar-refractivity contribution >= 4 is 5.91 Å². The third kappa shape index (κ3) is 4.93. The predicted molar refractivity (Wildman–Crippen MR) is 58.5 cm³/mol. The van der Waals surface area contributed by atoms with E-state index in [1.54, 1.807) is 4.90 Å². The maximum atomic E-state index is 12.1. The van der Waals surface area contributed by atoms with E-state index in [0.717, 1.165) is 6.42 Å². The molecule has 1 amide bonds. The van der Waals surface area contributed by atoms with Gasteiger partial charge in [0.25, 0.3) is 0 Å². The largest absolute Gasteiger partial charge is 0.401 e. The van der Waals surface area contributed by atoms with Crippen LogP contribution in [0.2, 0.25) is 0 Å². The van der Waals surface area contributed by atoms with Gasteiger partial charge in [0.1, 0.15) is 0 Å². The lowest BCUT2D eigenvalue weighted by Crippen LogP contribution is -2.52. The number of nitrogens with zero attached hydrogens (tertiary/aromatic N) is 1. The van der Waals surface area contributed by atoms with Gasteiger partial charge in [-0.2, -0.15) is 13.2 Å². The van der Waals surface area contributed by atoms with Gasteiger partial charge in [-0.15, -0.1) is 0 Å². The first-order chi connectivity index (χ1) is 7.81. The minimum atomic E-state index is -4.19. The van der Waals surface area contributed by atoms with Gasteiger partial charge in [-0.3, -0.25) is 4.79 Å². The molecule has 100 valence electrons. The molecule has 0 aromatic carbocycles. The average molecular weight is 252 g/mol. The van der Waals surface area contributed by atoms with Crippen molar-refractivity contribution in [3.63, 3.8) is 0 Å². The van der Waals surface area contributed by atoms with E-state index in [9.17, 15) is 18.0 Å². The Morgan fingerprint density at radius 3 is 2.53 bits per heavy atom. The van der Waals surface area contributed by atoms with Crippen molar-refractivity contribution in [2.75, 3.05) is 19.6 Å². The third-order valence-corrected chi connectivity index (χ3v) is 3.15. The second-order valence-corrected chi connectivity index (χ2v) is 4.63. The van der Waals surface area contributed by atoms with Gasteiger partial charge in [0.2, 0.25) is 5.91 Å². The monoisotopic (exact) mass is 252 g/mol. The Morgan fingerprint density at radius 2 is 2.06 bits per heavy atom. The molecule has 1 heterocycles. The zero-order valence-corrected chi connectivity index (χ0v) is 10.2. The smallest absolute Gasteiger partial charge is 0.341 e. The van der Waals surface area contributed by atoms with Crippen LogP contribution in [0, 0.1) is 5.92 Å². The van der Waals surface area contributed by atoms with Crippen molar-refractivity contribution in [1.82, 2.24) is 10.2 Å². The summed E-state index contributed by atoms with van der Waals surface area (Å²) in [5.41, 5.74) is 0. The minimum absolute atomic E-state index is 0.0676. The first-order valence-electron chi connectivity index (χ1n) is 5.87. The fourth-order valence-electron chi connectivity index (χ4n) is 2.16. The number of hydrogen-bond donors (Lipinski definition) is 1. The number of hydrogen-bond acceptors (Lipinski definition) is 2. The van der Waals surface area contributed by atoms with E-state index in [4.69, 9.17) is 0 Å². The molecule has 2 unspecified atom stereocenters. The van der Waals surface area contributed by atoms with Crippen LogP contribution in [-0.2, 0) is 4.79 Å². The van der Waals surface area contributed by atoms with Crippen LogP contribution in [0.5, 0.6) is 0 Å². The SMILES string of the molecule is CCC1CC(NCC(F)(F)F)CN(C(C)=O)C1. The fourth-order valence-corrected chi connectivity index (χ4v) is 2.16. The zero-order valence-electron chi connectivity index (χ0n) is 10.2. The van der Waals surface area contributed by atoms with Crippen LogP contribution in [-0.4, -0.2) is 42.7 Å². The number of likely N-dealkylation sites (tertiary alicyclic amines) is 1. The number of nitrogens with one attached hydrogen (secondary N) is 1. The molecule has 1 N–H and O–H groups in total. The molecule has 0 spiro atoms. The average Bonchev–Trinajstić information content (AvgIpc) is 2.25. The van der Waals surface area contributed by atoms with E-state index in [1.165, 1.54) is 6.92 Å². The third-order valence-electron chi connectivity index (χ3n) is 3.15. The van der Waals surface area contributed by atoms with Gasteiger partial charge in [0, 0.05) is 26.1 Å². The minimum Gasteiger partial charge on any atom is -0.341 e. The maximum Gasteiger partial charge on any atom is 0.401 e. The normalized spacial score (nSPS) is 26.1.